The first-order chi connectivity index (χ1) is 9.15. The number of nitrogens with one attached hydrogen (secondary N) is 1. The predicted octanol–water partition coefficient (Wildman–Crippen LogP) is 3.55. The summed E-state index contributed by atoms with van der Waals surface area (Å²) >= 11 is 0. The molecule has 2 aromatic rings. The molecule has 1 unspecified atom stereocenters. The fourth-order valence-corrected chi connectivity index (χ4v) is 2.33. The van der Waals surface area contributed by atoms with Gasteiger partial charge in [0.15, 0.2) is 0 Å². The Bertz CT molecular complexity index is 490. The van der Waals surface area contributed by atoms with Gasteiger partial charge in [0.25, 0.3) is 0 Å². The zero-order chi connectivity index (χ0) is 13.7. The minimum absolute atomic E-state index is 0.366. The molecule has 0 aromatic heterocycles. The van der Waals surface area contributed by atoms with Gasteiger partial charge in [0, 0.05) is 17.8 Å². The number of hydrogen-bond donors (Lipinski definition) is 2. The van der Waals surface area contributed by atoms with Gasteiger partial charge in [-0.1, -0.05) is 42.5 Å². The van der Waals surface area contributed by atoms with E-state index in [0.29, 0.717) is 12.1 Å². The van der Waals surface area contributed by atoms with Gasteiger partial charge >= 0.3 is 0 Å². The van der Waals surface area contributed by atoms with Crippen LogP contribution in [0.2, 0.25) is 0 Å². The quantitative estimate of drug-likeness (QED) is 0.801. The molecule has 0 heterocycles. The lowest BCUT2D eigenvalue weighted by molar-refractivity contribution is 0.477. The van der Waals surface area contributed by atoms with Crippen molar-refractivity contribution in [3.8, 4) is 0 Å². The molecule has 0 aliphatic heterocycles. The molecule has 0 bridgehead atoms. The Morgan fingerprint density at radius 3 is 2.21 bits per heavy atom. The van der Waals surface area contributed by atoms with Gasteiger partial charge in [-0.3, -0.25) is 0 Å². The van der Waals surface area contributed by atoms with E-state index in [1.54, 1.807) is 0 Å². The molecule has 0 saturated carbocycles. The normalized spacial score (nSPS) is 14.0. The fraction of sp³-hybridized carbons (Fsp3) is 0.294. The van der Waals surface area contributed by atoms with Crippen LogP contribution in [0, 0.1) is 0 Å². The van der Waals surface area contributed by atoms with Crippen molar-refractivity contribution in [1.82, 2.24) is 5.32 Å². The molecule has 2 nitrogen and oxygen atoms in total. The van der Waals surface area contributed by atoms with Crippen LogP contribution in [0.3, 0.4) is 0 Å². The summed E-state index contributed by atoms with van der Waals surface area (Å²) in [6.07, 6.45) is 1.01. The number of rotatable bonds is 5. The second-order valence-corrected chi connectivity index (χ2v) is 5.15. The lowest BCUT2D eigenvalue weighted by Gasteiger charge is -2.20. The largest absolute Gasteiger partial charge is 0.399 e. The smallest absolute Gasteiger partial charge is 0.0314 e. The SMILES string of the molecule is CC(Cc1ccc(N)cc1)N[C@@H](C)c1ccccc1. The molecule has 19 heavy (non-hydrogen) atoms. The molecular weight excluding hydrogens is 232 g/mol. The second-order valence-electron chi connectivity index (χ2n) is 5.15. The van der Waals surface area contributed by atoms with Crippen molar-refractivity contribution in [2.75, 3.05) is 5.73 Å². The van der Waals surface area contributed by atoms with Crippen LogP contribution < -0.4 is 11.1 Å². The van der Waals surface area contributed by atoms with Crippen molar-refractivity contribution < 1.29 is 0 Å². The van der Waals surface area contributed by atoms with Crippen LogP contribution in [0.4, 0.5) is 5.69 Å². The van der Waals surface area contributed by atoms with E-state index in [2.05, 4.69) is 55.6 Å². The third-order valence-electron chi connectivity index (χ3n) is 3.36. The van der Waals surface area contributed by atoms with E-state index in [1.807, 2.05) is 18.2 Å². The Kier molecular flexibility index (Phi) is 4.58. The van der Waals surface area contributed by atoms with Gasteiger partial charge in [-0.2, -0.15) is 0 Å². The van der Waals surface area contributed by atoms with Crippen LogP contribution in [0.5, 0.6) is 0 Å². The van der Waals surface area contributed by atoms with Crippen molar-refractivity contribution in [1.29, 1.82) is 0 Å². The summed E-state index contributed by atoms with van der Waals surface area (Å²) in [5.74, 6) is 0. The van der Waals surface area contributed by atoms with Crippen molar-refractivity contribution in [3.05, 3.63) is 65.7 Å². The summed E-state index contributed by atoms with van der Waals surface area (Å²) in [6.45, 7) is 4.42. The van der Waals surface area contributed by atoms with E-state index < -0.39 is 0 Å². The summed E-state index contributed by atoms with van der Waals surface area (Å²) in [5.41, 5.74) is 9.16. The molecule has 3 N–H and O–H groups in total. The highest BCUT2D eigenvalue weighted by molar-refractivity contribution is 5.39. The molecule has 0 aliphatic rings. The van der Waals surface area contributed by atoms with Crippen LogP contribution in [0.25, 0.3) is 0 Å². The number of hydrogen-bond acceptors (Lipinski definition) is 2. The Balaban J connectivity index is 1.90. The minimum Gasteiger partial charge on any atom is -0.399 e. The Morgan fingerprint density at radius 1 is 0.947 bits per heavy atom. The standard InChI is InChI=1S/C17H22N2/c1-13(12-15-8-10-17(18)11-9-15)19-14(2)16-6-4-3-5-7-16/h3-11,13-14,19H,12,18H2,1-2H3/t13?,14-/m0/s1. The van der Waals surface area contributed by atoms with Crippen LogP contribution in [-0.4, -0.2) is 6.04 Å². The molecule has 100 valence electrons. The molecule has 2 heteroatoms. The molecule has 0 saturated heterocycles. The molecule has 0 fully saturated rings. The van der Waals surface area contributed by atoms with E-state index >= 15 is 0 Å². The summed E-state index contributed by atoms with van der Waals surface area (Å²) in [5, 5.41) is 3.63. The summed E-state index contributed by atoms with van der Waals surface area (Å²) in [6, 6.07) is 19.4. The van der Waals surface area contributed by atoms with Gasteiger partial charge < -0.3 is 11.1 Å². The molecule has 2 atom stereocenters. The summed E-state index contributed by atoms with van der Waals surface area (Å²) in [4.78, 5) is 0. The maximum Gasteiger partial charge on any atom is 0.0314 e. The van der Waals surface area contributed by atoms with Gasteiger partial charge in [0.1, 0.15) is 0 Å². The van der Waals surface area contributed by atoms with E-state index in [4.69, 9.17) is 5.73 Å². The van der Waals surface area contributed by atoms with E-state index in [1.165, 1.54) is 11.1 Å². The third kappa shape index (κ3) is 4.11. The first kappa shape index (κ1) is 13.6. The molecular formula is C17H22N2. The lowest BCUT2D eigenvalue weighted by atomic mass is 10.0. The molecule has 2 aromatic carbocycles. The van der Waals surface area contributed by atoms with Crippen LogP contribution >= 0.6 is 0 Å². The Hall–Kier alpha value is -1.80. The van der Waals surface area contributed by atoms with Crippen molar-refractivity contribution >= 4 is 5.69 Å². The second kappa shape index (κ2) is 6.39. The molecule has 0 aliphatic carbocycles. The average Bonchev–Trinajstić information content (AvgIpc) is 2.42. The molecule has 0 radical (unpaired) electrons. The summed E-state index contributed by atoms with van der Waals surface area (Å²) < 4.78 is 0. The number of nitrogens with two attached hydrogens (primary N) is 1. The molecule has 0 spiro atoms. The van der Waals surface area contributed by atoms with E-state index in [-0.39, 0.29) is 0 Å². The van der Waals surface area contributed by atoms with E-state index in [9.17, 15) is 0 Å². The van der Waals surface area contributed by atoms with Crippen LogP contribution in [0.1, 0.15) is 31.0 Å². The van der Waals surface area contributed by atoms with Gasteiger partial charge in [0.05, 0.1) is 0 Å². The first-order valence-electron chi connectivity index (χ1n) is 6.80. The maximum atomic E-state index is 5.70. The van der Waals surface area contributed by atoms with Crippen LogP contribution in [0.15, 0.2) is 54.6 Å². The zero-order valence-electron chi connectivity index (χ0n) is 11.6. The highest BCUT2D eigenvalue weighted by Gasteiger charge is 2.09. The predicted molar refractivity (Wildman–Crippen MR) is 82.0 cm³/mol. The number of anilines is 1. The Labute approximate surface area is 115 Å². The minimum atomic E-state index is 0.366. The van der Waals surface area contributed by atoms with E-state index in [0.717, 1.165) is 12.1 Å². The maximum absolute atomic E-state index is 5.70. The topological polar surface area (TPSA) is 38.0 Å². The summed E-state index contributed by atoms with van der Waals surface area (Å²) in [7, 11) is 0. The highest BCUT2D eigenvalue weighted by atomic mass is 14.9. The van der Waals surface area contributed by atoms with Gasteiger partial charge in [-0.15, -0.1) is 0 Å². The third-order valence-corrected chi connectivity index (χ3v) is 3.36. The lowest BCUT2D eigenvalue weighted by Crippen LogP contribution is -2.30. The van der Waals surface area contributed by atoms with Gasteiger partial charge in [-0.05, 0) is 43.5 Å². The first-order valence-corrected chi connectivity index (χ1v) is 6.80. The van der Waals surface area contributed by atoms with Crippen molar-refractivity contribution in [2.45, 2.75) is 32.4 Å². The Morgan fingerprint density at radius 2 is 1.58 bits per heavy atom. The average molecular weight is 254 g/mol. The van der Waals surface area contributed by atoms with Crippen LogP contribution in [-0.2, 0) is 6.42 Å². The highest BCUT2D eigenvalue weighted by Crippen LogP contribution is 2.14. The monoisotopic (exact) mass is 254 g/mol. The van der Waals surface area contributed by atoms with Gasteiger partial charge in [-0.25, -0.2) is 0 Å². The van der Waals surface area contributed by atoms with Crippen molar-refractivity contribution in [3.63, 3.8) is 0 Å². The number of nitrogen functional groups attached to an aromatic ring is 1. The van der Waals surface area contributed by atoms with Gasteiger partial charge in [0.2, 0.25) is 0 Å². The fourth-order valence-electron chi connectivity index (χ4n) is 2.33. The van der Waals surface area contributed by atoms with Crippen molar-refractivity contribution in [2.24, 2.45) is 0 Å². The molecule has 0 amide bonds. The zero-order valence-corrected chi connectivity index (χ0v) is 11.6. The number of benzene rings is 2. The molecule has 2 rings (SSSR count).